The number of carbonyl (C=O) groups is 1. The Kier molecular flexibility index (Phi) is 4.56. The summed E-state index contributed by atoms with van der Waals surface area (Å²) in [5.74, 6) is -0.328. The highest BCUT2D eigenvalue weighted by atomic mass is 16.4. The van der Waals surface area contributed by atoms with Crippen molar-refractivity contribution in [2.24, 2.45) is 5.92 Å². The number of carboxylic acid groups (broad SMARTS) is 1. The molecule has 0 aliphatic carbocycles. The van der Waals surface area contributed by atoms with Gasteiger partial charge in [-0.2, -0.15) is 0 Å². The van der Waals surface area contributed by atoms with E-state index in [-0.39, 0.29) is 6.04 Å². The van der Waals surface area contributed by atoms with Crippen molar-refractivity contribution in [3.05, 3.63) is 35.4 Å². The van der Waals surface area contributed by atoms with E-state index in [1.807, 2.05) is 19.2 Å². The van der Waals surface area contributed by atoms with Crippen molar-refractivity contribution in [1.29, 1.82) is 0 Å². The van der Waals surface area contributed by atoms with Crippen molar-refractivity contribution in [1.82, 2.24) is 10.2 Å². The summed E-state index contributed by atoms with van der Waals surface area (Å²) in [7, 11) is 4.10. The Morgan fingerprint density at radius 1 is 1.53 bits per heavy atom. The van der Waals surface area contributed by atoms with E-state index in [1.54, 1.807) is 12.1 Å². The van der Waals surface area contributed by atoms with Crippen molar-refractivity contribution in [3.8, 4) is 0 Å². The molecule has 2 atom stereocenters. The molecule has 0 amide bonds. The fourth-order valence-electron chi connectivity index (χ4n) is 3.02. The molecule has 1 fully saturated rings. The van der Waals surface area contributed by atoms with Crippen LogP contribution in [-0.4, -0.2) is 43.2 Å². The van der Waals surface area contributed by atoms with Crippen LogP contribution in [0.15, 0.2) is 24.3 Å². The van der Waals surface area contributed by atoms with Gasteiger partial charge >= 0.3 is 5.97 Å². The first-order valence-electron chi connectivity index (χ1n) is 6.81. The van der Waals surface area contributed by atoms with Crippen LogP contribution in [0.25, 0.3) is 0 Å². The van der Waals surface area contributed by atoms with Gasteiger partial charge in [0.1, 0.15) is 0 Å². The molecule has 1 aromatic rings. The number of carboxylic acids is 1. The van der Waals surface area contributed by atoms with E-state index in [9.17, 15) is 4.79 Å². The number of piperidine rings is 1. The summed E-state index contributed by atoms with van der Waals surface area (Å²) >= 11 is 0. The molecule has 2 rings (SSSR count). The molecule has 1 aliphatic rings. The number of likely N-dealkylation sites (tertiary alicyclic amines) is 1. The van der Waals surface area contributed by atoms with Gasteiger partial charge in [0.15, 0.2) is 0 Å². The van der Waals surface area contributed by atoms with Crippen LogP contribution in [-0.2, 0) is 0 Å². The number of hydrogen-bond donors (Lipinski definition) is 2. The number of nitrogens with zero attached hydrogens (tertiary/aromatic N) is 1. The van der Waals surface area contributed by atoms with Crippen molar-refractivity contribution in [2.45, 2.75) is 18.9 Å². The van der Waals surface area contributed by atoms with Crippen LogP contribution in [0.3, 0.4) is 0 Å². The monoisotopic (exact) mass is 262 g/mol. The average Bonchev–Trinajstić information content (AvgIpc) is 2.40. The van der Waals surface area contributed by atoms with E-state index in [0.717, 1.165) is 18.7 Å². The number of benzene rings is 1. The SMILES string of the molecule is CNC(c1cccc(C(=O)O)c1)C1CCCN(C)C1. The second kappa shape index (κ2) is 6.17. The average molecular weight is 262 g/mol. The lowest BCUT2D eigenvalue weighted by Gasteiger charge is -2.35. The first kappa shape index (κ1) is 14.0. The maximum absolute atomic E-state index is 11.1. The Bertz CT molecular complexity index is 448. The van der Waals surface area contributed by atoms with Gasteiger partial charge in [-0.3, -0.25) is 0 Å². The number of rotatable bonds is 4. The number of aromatic carboxylic acids is 1. The molecule has 19 heavy (non-hydrogen) atoms. The molecular weight excluding hydrogens is 240 g/mol. The minimum Gasteiger partial charge on any atom is -0.478 e. The molecule has 1 saturated heterocycles. The standard InChI is InChI=1S/C15H22N2O2/c1-16-14(13-7-4-8-17(2)10-13)11-5-3-6-12(9-11)15(18)19/h3,5-6,9,13-14,16H,4,7-8,10H2,1-2H3,(H,18,19). The third kappa shape index (κ3) is 3.33. The highest BCUT2D eigenvalue weighted by Gasteiger charge is 2.26. The molecule has 104 valence electrons. The summed E-state index contributed by atoms with van der Waals surface area (Å²) in [5.41, 5.74) is 1.43. The van der Waals surface area contributed by atoms with Crippen LogP contribution >= 0.6 is 0 Å². The molecule has 2 N–H and O–H groups in total. The van der Waals surface area contributed by atoms with Crippen LogP contribution in [0, 0.1) is 5.92 Å². The van der Waals surface area contributed by atoms with Crippen molar-refractivity contribution in [3.63, 3.8) is 0 Å². The summed E-state index contributed by atoms with van der Waals surface area (Å²) in [6.45, 7) is 2.21. The predicted molar refractivity (Wildman–Crippen MR) is 75.4 cm³/mol. The Labute approximate surface area is 114 Å². The Morgan fingerprint density at radius 3 is 2.95 bits per heavy atom. The maximum atomic E-state index is 11.1. The minimum absolute atomic E-state index is 0.224. The molecule has 4 nitrogen and oxygen atoms in total. The van der Waals surface area contributed by atoms with E-state index in [1.165, 1.54) is 12.8 Å². The summed E-state index contributed by atoms with van der Waals surface area (Å²) < 4.78 is 0. The Hall–Kier alpha value is -1.39. The minimum atomic E-state index is -0.863. The molecule has 1 aromatic carbocycles. The van der Waals surface area contributed by atoms with Gasteiger partial charge < -0.3 is 15.3 Å². The normalized spacial score (nSPS) is 22.1. The molecule has 4 heteroatoms. The number of nitrogens with one attached hydrogen (secondary N) is 1. The second-order valence-electron chi connectivity index (χ2n) is 5.36. The lowest BCUT2D eigenvalue weighted by molar-refractivity contribution is 0.0696. The summed E-state index contributed by atoms with van der Waals surface area (Å²) in [6, 6.07) is 7.50. The van der Waals surface area contributed by atoms with E-state index in [4.69, 9.17) is 5.11 Å². The van der Waals surface area contributed by atoms with Gasteiger partial charge in [0.05, 0.1) is 5.56 Å². The fraction of sp³-hybridized carbons (Fsp3) is 0.533. The molecule has 0 saturated carbocycles. The molecule has 1 aliphatic heterocycles. The van der Waals surface area contributed by atoms with Gasteiger partial charge in [-0.05, 0) is 57.1 Å². The zero-order valence-electron chi connectivity index (χ0n) is 11.6. The maximum Gasteiger partial charge on any atom is 0.335 e. The zero-order chi connectivity index (χ0) is 13.8. The van der Waals surface area contributed by atoms with E-state index < -0.39 is 5.97 Å². The Morgan fingerprint density at radius 2 is 2.32 bits per heavy atom. The second-order valence-corrected chi connectivity index (χ2v) is 5.36. The highest BCUT2D eigenvalue weighted by molar-refractivity contribution is 5.87. The van der Waals surface area contributed by atoms with Gasteiger partial charge in [-0.1, -0.05) is 12.1 Å². The number of hydrogen-bond acceptors (Lipinski definition) is 3. The van der Waals surface area contributed by atoms with Gasteiger partial charge in [-0.15, -0.1) is 0 Å². The van der Waals surface area contributed by atoms with Gasteiger partial charge in [0, 0.05) is 12.6 Å². The van der Waals surface area contributed by atoms with Crippen molar-refractivity contribution in [2.75, 3.05) is 27.2 Å². The molecule has 0 spiro atoms. The van der Waals surface area contributed by atoms with Gasteiger partial charge in [0.25, 0.3) is 0 Å². The van der Waals surface area contributed by atoms with Crippen molar-refractivity contribution >= 4 is 5.97 Å². The lowest BCUT2D eigenvalue weighted by Crippen LogP contribution is -2.38. The summed E-state index contributed by atoms with van der Waals surface area (Å²) in [5, 5.41) is 12.4. The van der Waals surface area contributed by atoms with E-state index in [0.29, 0.717) is 11.5 Å². The van der Waals surface area contributed by atoms with Crippen LogP contribution in [0.5, 0.6) is 0 Å². The van der Waals surface area contributed by atoms with Crippen LogP contribution in [0.4, 0.5) is 0 Å². The smallest absolute Gasteiger partial charge is 0.335 e. The first-order valence-corrected chi connectivity index (χ1v) is 6.81. The molecule has 0 bridgehead atoms. The predicted octanol–water partition coefficient (Wildman–Crippen LogP) is 1.99. The molecule has 0 radical (unpaired) electrons. The third-order valence-corrected chi connectivity index (χ3v) is 3.94. The van der Waals surface area contributed by atoms with Crippen LogP contribution in [0.1, 0.15) is 34.8 Å². The van der Waals surface area contributed by atoms with Crippen LogP contribution in [0.2, 0.25) is 0 Å². The van der Waals surface area contributed by atoms with E-state index >= 15 is 0 Å². The van der Waals surface area contributed by atoms with Gasteiger partial charge in [-0.25, -0.2) is 4.79 Å². The van der Waals surface area contributed by atoms with Crippen molar-refractivity contribution < 1.29 is 9.90 Å². The molecule has 2 unspecified atom stereocenters. The Balaban J connectivity index is 2.21. The molecule has 1 heterocycles. The first-order chi connectivity index (χ1) is 9.11. The fourth-order valence-corrected chi connectivity index (χ4v) is 3.02. The third-order valence-electron chi connectivity index (χ3n) is 3.94. The van der Waals surface area contributed by atoms with Gasteiger partial charge in [0.2, 0.25) is 0 Å². The summed E-state index contributed by atoms with van der Waals surface area (Å²) in [4.78, 5) is 13.4. The lowest BCUT2D eigenvalue weighted by atomic mass is 9.86. The highest BCUT2D eigenvalue weighted by Crippen LogP contribution is 2.29. The zero-order valence-corrected chi connectivity index (χ0v) is 11.6. The molecule has 0 aromatic heterocycles. The molecular formula is C15H22N2O2. The topological polar surface area (TPSA) is 52.6 Å². The van der Waals surface area contributed by atoms with Crippen LogP contribution < -0.4 is 5.32 Å². The van der Waals surface area contributed by atoms with E-state index in [2.05, 4.69) is 17.3 Å². The summed E-state index contributed by atoms with van der Waals surface area (Å²) in [6.07, 6.45) is 2.39. The largest absolute Gasteiger partial charge is 0.478 e. The quantitative estimate of drug-likeness (QED) is 0.871.